The quantitative estimate of drug-likeness (QED) is 0.250. The van der Waals surface area contributed by atoms with E-state index in [1.165, 1.54) is 29.2 Å². The summed E-state index contributed by atoms with van der Waals surface area (Å²) in [6.07, 6.45) is 3.63. The van der Waals surface area contributed by atoms with Gasteiger partial charge in [0.1, 0.15) is 6.04 Å². The lowest BCUT2D eigenvalue weighted by Gasteiger charge is -2.35. The zero-order chi connectivity index (χ0) is 24.3. The van der Waals surface area contributed by atoms with E-state index in [4.69, 9.17) is 0 Å². The topological polar surface area (TPSA) is 101 Å². The van der Waals surface area contributed by atoms with Gasteiger partial charge in [-0.05, 0) is 29.3 Å². The van der Waals surface area contributed by atoms with Gasteiger partial charge < -0.3 is 4.90 Å². The molecule has 0 aliphatic carbocycles. The minimum Gasteiger partial charge on any atom is -0.358 e. The van der Waals surface area contributed by atoms with E-state index >= 15 is 0 Å². The van der Waals surface area contributed by atoms with E-state index in [0.717, 1.165) is 11.1 Å². The predicted octanol–water partition coefficient (Wildman–Crippen LogP) is 3.99. The van der Waals surface area contributed by atoms with Crippen molar-refractivity contribution in [3.63, 3.8) is 0 Å². The van der Waals surface area contributed by atoms with Gasteiger partial charge in [0.15, 0.2) is 5.78 Å². The van der Waals surface area contributed by atoms with Crippen molar-refractivity contribution in [2.24, 2.45) is 11.8 Å². The Bertz CT molecular complexity index is 1430. The van der Waals surface area contributed by atoms with E-state index in [2.05, 4.69) is 0 Å². The Morgan fingerprint density at radius 2 is 1.57 bits per heavy atom. The van der Waals surface area contributed by atoms with E-state index in [0.29, 0.717) is 5.69 Å². The van der Waals surface area contributed by atoms with Gasteiger partial charge in [-0.15, -0.1) is 0 Å². The molecule has 3 aliphatic heterocycles. The molecule has 4 atom stereocenters. The van der Waals surface area contributed by atoms with Crippen molar-refractivity contribution in [3.05, 3.63) is 112 Å². The first-order chi connectivity index (χ1) is 17.0. The van der Waals surface area contributed by atoms with Crippen LogP contribution < -0.4 is 4.90 Å². The van der Waals surface area contributed by atoms with E-state index in [-0.39, 0.29) is 17.2 Å². The largest absolute Gasteiger partial charge is 0.358 e. The van der Waals surface area contributed by atoms with Crippen molar-refractivity contribution in [2.75, 3.05) is 4.90 Å². The molecule has 35 heavy (non-hydrogen) atoms. The van der Waals surface area contributed by atoms with E-state index < -0.39 is 40.5 Å². The Hall–Kier alpha value is -4.59. The Labute approximate surface area is 200 Å². The summed E-state index contributed by atoms with van der Waals surface area (Å²) in [6, 6.07) is 20.3. The number of anilines is 1. The number of carbonyl (C=O) groups is 3. The molecular formula is C27H19N3O5. The first-order valence-electron chi connectivity index (χ1n) is 11.2. The molecule has 172 valence electrons. The number of imide groups is 1. The fourth-order valence-corrected chi connectivity index (χ4v) is 5.63. The average molecular weight is 465 g/mol. The van der Waals surface area contributed by atoms with Crippen LogP contribution >= 0.6 is 0 Å². The summed E-state index contributed by atoms with van der Waals surface area (Å²) >= 11 is 0. The summed E-state index contributed by atoms with van der Waals surface area (Å²) in [5.41, 5.74) is 2.19. The molecule has 0 spiro atoms. The van der Waals surface area contributed by atoms with Crippen LogP contribution in [-0.4, -0.2) is 33.5 Å². The van der Waals surface area contributed by atoms with Crippen molar-refractivity contribution >= 4 is 35.0 Å². The number of fused-ring (bicyclic) bond motifs is 5. The molecule has 0 radical (unpaired) electrons. The number of hydrogen-bond donors (Lipinski definition) is 0. The van der Waals surface area contributed by atoms with Crippen LogP contribution in [0.3, 0.4) is 0 Å². The van der Waals surface area contributed by atoms with Crippen LogP contribution in [0.15, 0.2) is 85.1 Å². The molecule has 4 unspecified atom stereocenters. The van der Waals surface area contributed by atoms with Crippen LogP contribution in [0.1, 0.15) is 27.5 Å². The lowest BCUT2D eigenvalue weighted by Crippen LogP contribution is -2.44. The van der Waals surface area contributed by atoms with Gasteiger partial charge in [-0.1, -0.05) is 54.6 Å². The van der Waals surface area contributed by atoms with E-state index in [9.17, 15) is 24.5 Å². The van der Waals surface area contributed by atoms with Crippen LogP contribution in [0, 0.1) is 22.0 Å². The standard InChI is InChI=1S/C27H19N3O5/c31-25(17-8-6-11-19(15-17)30(34)35)24-22-21(23-20-12-5-4-7-16(20)13-14-28(23)24)26(32)29(27(22)33)18-9-2-1-3-10-18/h1-15,21-24H. The molecule has 6 rings (SSSR count). The molecule has 8 nitrogen and oxygen atoms in total. The Balaban J connectivity index is 1.50. The number of nitro groups is 1. The smallest absolute Gasteiger partial charge is 0.270 e. The van der Waals surface area contributed by atoms with Crippen molar-refractivity contribution < 1.29 is 19.3 Å². The van der Waals surface area contributed by atoms with Crippen LogP contribution in [-0.2, 0) is 9.59 Å². The SMILES string of the molecule is O=C(c1cccc([N+](=O)[O-])c1)C1C2C(=O)N(c3ccccc3)C(=O)C2C2c3ccccc3C=CN12. The normalized spacial score (nSPS) is 24.2. The second kappa shape index (κ2) is 7.73. The molecule has 2 saturated heterocycles. The molecule has 0 saturated carbocycles. The highest BCUT2D eigenvalue weighted by atomic mass is 16.6. The maximum absolute atomic E-state index is 13.8. The molecule has 3 aromatic carbocycles. The third-order valence-corrected chi connectivity index (χ3v) is 7.09. The summed E-state index contributed by atoms with van der Waals surface area (Å²) in [7, 11) is 0. The number of rotatable bonds is 4. The van der Waals surface area contributed by atoms with Gasteiger partial charge in [-0.3, -0.25) is 24.5 Å². The Morgan fingerprint density at radius 3 is 2.34 bits per heavy atom. The van der Waals surface area contributed by atoms with Crippen LogP contribution in [0.2, 0.25) is 0 Å². The number of amides is 2. The number of ketones is 1. The highest BCUT2D eigenvalue weighted by Crippen LogP contribution is 2.53. The monoisotopic (exact) mass is 465 g/mol. The van der Waals surface area contributed by atoms with Crippen LogP contribution in [0.4, 0.5) is 11.4 Å². The predicted molar refractivity (Wildman–Crippen MR) is 127 cm³/mol. The number of benzene rings is 3. The fraction of sp³-hybridized carbons (Fsp3) is 0.148. The number of non-ortho nitro benzene ring substituents is 1. The van der Waals surface area contributed by atoms with Crippen molar-refractivity contribution in [3.8, 4) is 0 Å². The third kappa shape index (κ3) is 3.03. The van der Waals surface area contributed by atoms with Crippen molar-refractivity contribution in [1.82, 2.24) is 4.90 Å². The van der Waals surface area contributed by atoms with Crippen LogP contribution in [0.25, 0.3) is 6.08 Å². The van der Waals surface area contributed by atoms with E-state index in [1.807, 2.05) is 30.3 Å². The fourth-order valence-electron chi connectivity index (χ4n) is 5.63. The van der Waals surface area contributed by atoms with Crippen LogP contribution in [0.5, 0.6) is 0 Å². The van der Waals surface area contributed by atoms with Crippen molar-refractivity contribution in [2.45, 2.75) is 12.1 Å². The second-order valence-electron chi connectivity index (χ2n) is 8.85. The molecule has 8 heteroatoms. The second-order valence-corrected chi connectivity index (χ2v) is 8.85. The van der Waals surface area contributed by atoms with Gasteiger partial charge in [0.25, 0.3) is 5.69 Å². The molecular weight excluding hydrogens is 446 g/mol. The average Bonchev–Trinajstić information content (AvgIpc) is 3.36. The number of para-hydroxylation sites is 1. The van der Waals surface area contributed by atoms with Gasteiger partial charge in [0.2, 0.25) is 11.8 Å². The van der Waals surface area contributed by atoms with Gasteiger partial charge in [-0.25, -0.2) is 4.90 Å². The highest BCUT2D eigenvalue weighted by molar-refractivity contribution is 6.24. The molecule has 2 amide bonds. The Morgan fingerprint density at radius 1 is 0.857 bits per heavy atom. The zero-order valence-electron chi connectivity index (χ0n) is 18.4. The third-order valence-electron chi connectivity index (χ3n) is 7.09. The molecule has 0 N–H and O–H groups in total. The van der Waals surface area contributed by atoms with Gasteiger partial charge in [-0.2, -0.15) is 0 Å². The van der Waals surface area contributed by atoms with Crippen molar-refractivity contribution in [1.29, 1.82) is 0 Å². The molecule has 0 aromatic heterocycles. The minimum absolute atomic E-state index is 0.134. The number of nitro benzene ring substituents is 1. The summed E-state index contributed by atoms with van der Waals surface area (Å²) < 4.78 is 0. The lowest BCUT2D eigenvalue weighted by atomic mass is 9.83. The molecule has 2 fully saturated rings. The summed E-state index contributed by atoms with van der Waals surface area (Å²) in [4.78, 5) is 55.1. The van der Waals surface area contributed by atoms with Gasteiger partial charge >= 0.3 is 0 Å². The minimum atomic E-state index is -0.971. The number of nitrogens with zero attached hydrogens (tertiary/aromatic N) is 3. The van der Waals surface area contributed by atoms with E-state index in [1.54, 1.807) is 41.4 Å². The maximum Gasteiger partial charge on any atom is 0.270 e. The number of carbonyl (C=O) groups excluding carboxylic acids is 3. The summed E-state index contributed by atoms with van der Waals surface area (Å²) in [5.74, 6) is -2.89. The lowest BCUT2D eigenvalue weighted by molar-refractivity contribution is -0.384. The zero-order valence-corrected chi connectivity index (χ0v) is 18.4. The summed E-state index contributed by atoms with van der Waals surface area (Å²) in [6.45, 7) is 0. The first kappa shape index (κ1) is 21.0. The number of Topliss-reactive ketones (excluding diaryl/α,β-unsaturated/α-hetero) is 1. The van der Waals surface area contributed by atoms with Gasteiger partial charge in [0, 0.05) is 23.9 Å². The molecule has 3 heterocycles. The Kier molecular flexibility index (Phi) is 4.63. The molecule has 3 aliphatic rings. The van der Waals surface area contributed by atoms with Gasteiger partial charge in [0.05, 0.1) is 28.5 Å². The highest BCUT2D eigenvalue weighted by Gasteiger charge is 2.64. The number of hydrogen-bond acceptors (Lipinski definition) is 6. The first-order valence-corrected chi connectivity index (χ1v) is 11.2. The summed E-state index contributed by atoms with van der Waals surface area (Å²) in [5, 5.41) is 11.3. The molecule has 3 aromatic rings. The maximum atomic E-state index is 13.8. The molecule has 0 bridgehead atoms.